The Bertz CT molecular complexity index is 1690. The number of rotatable bonds is 9. The minimum Gasteiger partial charge on any atom is 0 e. The van der Waals surface area contributed by atoms with Gasteiger partial charge in [0.05, 0.1) is 5.76 Å². The number of aliphatic hydroxyl groups excluding tert-OH is 1. The third kappa shape index (κ3) is 7.58. The molecule has 1 N–H and O–H groups in total. The van der Waals surface area contributed by atoms with Crippen LogP contribution in [0.2, 0.25) is 17.3 Å². The monoisotopic (exact) mass is 847 g/mol. The number of carbonyl (C=O) groups is 1. The number of aryl methyl sites for hydroxylation is 1. The Morgan fingerprint density at radius 1 is 0.978 bits per heavy atom. The summed E-state index contributed by atoms with van der Waals surface area (Å²) in [4.78, 5) is 16.6. The minimum absolute atomic E-state index is 0. The van der Waals surface area contributed by atoms with Crippen molar-refractivity contribution in [1.82, 2.24) is 4.98 Å². The van der Waals surface area contributed by atoms with Crippen LogP contribution in [0.5, 0.6) is 11.5 Å². The van der Waals surface area contributed by atoms with Crippen LogP contribution in [0, 0.1) is 24.8 Å². The molecule has 45 heavy (non-hydrogen) atoms. The molecule has 0 unspecified atom stereocenters. The van der Waals surface area contributed by atoms with E-state index in [2.05, 4.69) is 80.5 Å². The van der Waals surface area contributed by atoms with E-state index in [-0.39, 0.29) is 43.5 Å². The van der Waals surface area contributed by atoms with Crippen LogP contribution in [0.25, 0.3) is 32.8 Å². The van der Waals surface area contributed by atoms with E-state index in [1.165, 1.54) is 28.0 Å². The van der Waals surface area contributed by atoms with Crippen LogP contribution in [-0.2, 0) is 24.9 Å². The van der Waals surface area contributed by atoms with Gasteiger partial charge < -0.3 is 5.11 Å². The van der Waals surface area contributed by atoms with Crippen LogP contribution in [-0.4, -0.2) is 29.1 Å². The third-order valence-corrected chi connectivity index (χ3v) is 13.6. The minimum atomic E-state index is -2.09. The summed E-state index contributed by atoms with van der Waals surface area (Å²) in [7, 11) is 0. The molecule has 0 aliphatic carbocycles. The number of aliphatic hydroxyl groups is 1. The van der Waals surface area contributed by atoms with E-state index in [4.69, 9.17) is 9.72 Å². The SMILES string of the molecule is CCC(CC)C(=O)/C=C(\O)C(CC)CC.Cc1cc2c3c(nccc3[c]1[Ge]([CH3])([CH3])[CH3])-c1[c-]c3ccccc3c(C(C)C)c1O2.[Ir]. The molecule has 0 saturated heterocycles. The number of ether oxygens (including phenoxy) is 1. The van der Waals surface area contributed by atoms with E-state index in [0.29, 0.717) is 5.92 Å². The van der Waals surface area contributed by atoms with Crippen molar-refractivity contribution in [3.8, 4) is 22.8 Å². The summed E-state index contributed by atoms with van der Waals surface area (Å²) in [5, 5.41) is 14.6. The number of nitrogens with zero attached hydrogens (tertiary/aromatic N) is 1. The average Bonchev–Trinajstić information content (AvgIpc) is 2.97. The fourth-order valence-corrected chi connectivity index (χ4v) is 11.5. The van der Waals surface area contributed by atoms with Gasteiger partial charge in [0, 0.05) is 38.0 Å². The summed E-state index contributed by atoms with van der Waals surface area (Å²) in [6.45, 7) is 14.8. The standard InChI is InChI=1S/C26H26GeNO.C13H24O2.Ir/c1-15(2)22-18-10-8-7-9-17(18)14-20-25-23-19(11-12-28-25)24(27(4,5)6)16(3)13-21(23)29-26(20)22;1-5-10(6-2)12(14)9-13(15)11(7-3)8-4;/h7-13,15H,1-6H3;9-11,14H,5-8H2,1-4H3;/q-1;;/b;12-9-;. The zero-order valence-corrected chi connectivity index (χ0v) is 33.2. The van der Waals surface area contributed by atoms with Gasteiger partial charge in [-0.3, -0.25) is 4.79 Å². The fraction of sp³-hybridized carbons (Fsp3) is 0.436. The molecule has 6 heteroatoms. The molecule has 1 aromatic heterocycles. The first-order chi connectivity index (χ1) is 20.9. The molecule has 0 fully saturated rings. The van der Waals surface area contributed by atoms with Crippen molar-refractivity contribution in [1.29, 1.82) is 0 Å². The molecule has 1 aliphatic rings. The molecule has 4 nitrogen and oxygen atoms in total. The van der Waals surface area contributed by atoms with Crippen LogP contribution >= 0.6 is 0 Å². The van der Waals surface area contributed by atoms with E-state index in [1.807, 2.05) is 33.9 Å². The summed E-state index contributed by atoms with van der Waals surface area (Å²) in [5.74, 6) is 10.1. The normalized spacial score (nSPS) is 12.6. The molecule has 0 saturated carbocycles. The van der Waals surface area contributed by atoms with Crippen LogP contribution < -0.4 is 9.13 Å². The van der Waals surface area contributed by atoms with Crippen molar-refractivity contribution in [2.75, 3.05) is 0 Å². The Morgan fingerprint density at radius 2 is 1.60 bits per heavy atom. The molecule has 0 atom stereocenters. The first kappa shape index (κ1) is 37.0. The smallest absolute Gasteiger partial charge is 0 e. The Balaban J connectivity index is 0.000000297. The van der Waals surface area contributed by atoms with E-state index in [0.717, 1.165) is 59.2 Å². The van der Waals surface area contributed by atoms with Gasteiger partial charge in [-0.05, 0) is 25.7 Å². The van der Waals surface area contributed by atoms with Crippen molar-refractivity contribution in [3.63, 3.8) is 0 Å². The number of benzene rings is 3. The second kappa shape index (κ2) is 15.4. The Labute approximate surface area is 286 Å². The van der Waals surface area contributed by atoms with E-state index in [1.54, 1.807) is 4.40 Å². The Morgan fingerprint density at radius 3 is 2.18 bits per heavy atom. The summed E-state index contributed by atoms with van der Waals surface area (Å²) >= 11 is -2.09. The second-order valence-electron chi connectivity index (χ2n) is 13.4. The maximum absolute atomic E-state index is 11.7. The predicted octanol–water partition coefficient (Wildman–Crippen LogP) is 10.8. The van der Waals surface area contributed by atoms with Gasteiger partial charge in [0.1, 0.15) is 0 Å². The van der Waals surface area contributed by atoms with Crippen LogP contribution in [0.4, 0.5) is 0 Å². The Kier molecular flexibility index (Phi) is 12.7. The molecule has 3 aromatic carbocycles. The largest absolute Gasteiger partial charge is 0 e. The number of hydrogen-bond donors (Lipinski definition) is 1. The van der Waals surface area contributed by atoms with Crippen LogP contribution in [0.3, 0.4) is 0 Å². The topological polar surface area (TPSA) is 59.4 Å². The van der Waals surface area contributed by atoms with E-state index >= 15 is 0 Å². The first-order valence-electron chi connectivity index (χ1n) is 16.4. The third-order valence-electron chi connectivity index (χ3n) is 9.02. The summed E-state index contributed by atoms with van der Waals surface area (Å²) < 4.78 is 8.19. The average molecular weight is 846 g/mol. The van der Waals surface area contributed by atoms with Crippen molar-refractivity contribution in [2.45, 2.75) is 97.3 Å². The van der Waals surface area contributed by atoms with Gasteiger partial charge in [0.15, 0.2) is 5.78 Å². The molecule has 0 bridgehead atoms. The van der Waals surface area contributed by atoms with E-state index < -0.39 is 13.3 Å². The molecular formula is C39H50GeIrNO3-. The summed E-state index contributed by atoms with van der Waals surface area (Å²) in [5.41, 5.74) is 4.60. The van der Waals surface area contributed by atoms with Gasteiger partial charge in [-0.25, -0.2) is 0 Å². The molecule has 243 valence electrons. The van der Waals surface area contributed by atoms with Gasteiger partial charge >= 0.3 is 175 Å². The quantitative estimate of drug-likeness (QED) is 0.0695. The number of pyridine rings is 1. The molecule has 2 heterocycles. The molecule has 5 rings (SSSR count). The van der Waals surface area contributed by atoms with Crippen molar-refractivity contribution >= 4 is 45.0 Å². The van der Waals surface area contributed by atoms with Crippen LogP contribution in [0.15, 0.2) is 54.4 Å². The van der Waals surface area contributed by atoms with Gasteiger partial charge in [-0.15, -0.1) is 0 Å². The molecule has 4 aromatic rings. The first-order valence-corrected chi connectivity index (χ1v) is 23.7. The summed E-state index contributed by atoms with van der Waals surface area (Å²) in [6, 6.07) is 16.6. The van der Waals surface area contributed by atoms with E-state index in [9.17, 15) is 9.90 Å². The van der Waals surface area contributed by atoms with Gasteiger partial charge in [0.25, 0.3) is 0 Å². The zero-order chi connectivity index (χ0) is 32.3. The molecule has 1 radical (unpaired) electrons. The number of hydrogen-bond acceptors (Lipinski definition) is 4. The van der Waals surface area contributed by atoms with Crippen LogP contribution in [0.1, 0.15) is 84.3 Å². The van der Waals surface area contributed by atoms with Crippen molar-refractivity contribution < 1.29 is 34.7 Å². The van der Waals surface area contributed by atoms with Crippen molar-refractivity contribution in [3.05, 3.63) is 71.6 Å². The molecule has 1 aliphatic heterocycles. The molecular weight excluding hydrogens is 795 g/mol. The van der Waals surface area contributed by atoms with Gasteiger partial charge in [0.2, 0.25) is 0 Å². The predicted molar refractivity (Wildman–Crippen MR) is 189 cm³/mol. The second-order valence-corrected chi connectivity index (χ2v) is 23.9. The molecule has 0 amide bonds. The number of fused-ring (bicyclic) bond motifs is 3. The van der Waals surface area contributed by atoms with Gasteiger partial charge in [-0.2, -0.15) is 0 Å². The van der Waals surface area contributed by atoms with Gasteiger partial charge in [-0.1, -0.05) is 27.7 Å². The Hall–Kier alpha value is -2.47. The number of aromatic nitrogens is 1. The summed E-state index contributed by atoms with van der Waals surface area (Å²) in [6.07, 6.45) is 6.87. The maximum Gasteiger partial charge on any atom is 0 e. The number of allylic oxidation sites excluding steroid dienone is 2. The number of ketones is 1. The fourth-order valence-electron chi connectivity index (χ4n) is 6.75. The molecule has 0 spiro atoms. The zero-order valence-electron chi connectivity index (χ0n) is 28.7. The maximum atomic E-state index is 11.7. The van der Waals surface area contributed by atoms with Crippen molar-refractivity contribution in [2.24, 2.45) is 11.8 Å². The number of carbonyl (C=O) groups excluding carboxylic acids is 1.